The van der Waals surface area contributed by atoms with Crippen molar-refractivity contribution in [1.29, 1.82) is 0 Å². The third-order valence-electron chi connectivity index (χ3n) is 5.46. The highest BCUT2D eigenvalue weighted by molar-refractivity contribution is 7.99. The maximum Gasteiger partial charge on any atom is 0.339 e. The van der Waals surface area contributed by atoms with Gasteiger partial charge in [0.25, 0.3) is 0 Å². The van der Waals surface area contributed by atoms with Crippen LogP contribution >= 0.6 is 23.4 Å². The number of hydrogen-bond donors (Lipinski definition) is 2. The van der Waals surface area contributed by atoms with Crippen LogP contribution in [0.1, 0.15) is 30.1 Å². The highest BCUT2D eigenvalue weighted by Gasteiger charge is 2.18. The maximum absolute atomic E-state index is 12.7. The van der Waals surface area contributed by atoms with Crippen LogP contribution in [0.5, 0.6) is 0 Å². The van der Waals surface area contributed by atoms with E-state index in [9.17, 15) is 9.59 Å². The number of morpholine rings is 1. The monoisotopic (exact) mass is 556 g/mol. The number of thioether (sulfide) groups is 1. The zero-order chi connectivity index (χ0) is 26.7. The Morgan fingerprint density at radius 3 is 2.63 bits per heavy atom. The zero-order valence-electron chi connectivity index (χ0n) is 21.0. The van der Waals surface area contributed by atoms with E-state index in [0.717, 1.165) is 18.5 Å². The van der Waals surface area contributed by atoms with E-state index in [-0.39, 0.29) is 22.2 Å². The number of carbonyl (C=O) groups is 2. The molecular formula is C26H29ClN6O4S. The SMILES string of the molecule is CCCCOC(=O)c1cc(NC(=O)CSc2nc(Nc3ccccc3)nc(N3CCOCC3)n2)ccc1Cl. The van der Waals surface area contributed by atoms with Crippen molar-refractivity contribution in [1.82, 2.24) is 15.0 Å². The maximum atomic E-state index is 12.7. The van der Waals surface area contributed by atoms with E-state index in [4.69, 9.17) is 21.1 Å². The van der Waals surface area contributed by atoms with Crippen LogP contribution in [0.3, 0.4) is 0 Å². The zero-order valence-corrected chi connectivity index (χ0v) is 22.6. The number of amides is 1. The van der Waals surface area contributed by atoms with Crippen LogP contribution in [0.15, 0.2) is 53.7 Å². The molecule has 1 amide bonds. The first-order valence-electron chi connectivity index (χ1n) is 12.3. The summed E-state index contributed by atoms with van der Waals surface area (Å²) in [5.74, 6) is 0.158. The molecule has 0 atom stereocenters. The van der Waals surface area contributed by atoms with Gasteiger partial charge in [-0.15, -0.1) is 0 Å². The first kappa shape index (κ1) is 27.6. The van der Waals surface area contributed by atoms with Crippen molar-refractivity contribution in [2.24, 2.45) is 0 Å². The Hall–Kier alpha value is -3.41. The number of nitrogens with one attached hydrogen (secondary N) is 2. The normalized spacial score (nSPS) is 13.2. The number of carbonyl (C=O) groups excluding carboxylic acids is 2. The Morgan fingerprint density at radius 2 is 1.87 bits per heavy atom. The highest BCUT2D eigenvalue weighted by Crippen LogP contribution is 2.24. The number of ether oxygens (including phenoxy) is 2. The van der Waals surface area contributed by atoms with Crippen LogP contribution < -0.4 is 15.5 Å². The van der Waals surface area contributed by atoms with E-state index in [1.807, 2.05) is 42.2 Å². The first-order valence-corrected chi connectivity index (χ1v) is 13.7. The second-order valence-electron chi connectivity index (χ2n) is 8.35. The fourth-order valence-corrected chi connectivity index (χ4v) is 4.32. The molecule has 3 aromatic rings. The number of hydrogen-bond acceptors (Lipinski definition) is 10. The largest absolute Gasteiger partial charge is 0.462 e. The van der Waals surface area contributed by atoms with Gasteiger partial charge in [0, 0.05) is 24.5 Å². The fraction of sp³-hybridized carbons (Fsp3) is 0.346. The summed E-state index contributed by atoms with van der Waals surface area (Å²) in [6.45, 7) is 4.84. The van der Waals surface area contributed by atoms with Crippen molar-refractivity contribution < 1.29 is 19.1 Å². The molecule has 0 bridgehead atoms. The molecule has 2 N–H and O–H groups in total. The first-order chi connectivity index (χ1) is 18.5. The van der Waals surface area contributed by atoms with Gasteiger partial charge in [0.05, 0.1) is 36.2 Å². The summed E-state index contributed by atoms with van der Waals surface area (Å²) in [6, 6.07) is 14.3. The Labute approximate surface area is 230 Å². The molecule has 1 fully saturated rings. The molecule has 0 spiro atoms. The van der Waals surface area contributed by atoms with Gasteiger partial charge in [-0.2, -0.15) is 15.0 Å². The third-order valence-corrected chi connectivity index (χ3v) is 6.64. The number of aromatic nitrogens is 3. The second kappa shape index (κ2) is 13.9. The number of anilines is 4. The van der Waals surface area contributed by atoms with Crippen LogP contribution in [-0.2, 0) is 14.3 Å². The molecule has 0 aliphatic carbocycles. The van der Waals surface area contributed by atoms with Crippen LogP contribution in [0.25, 0.3) is 0 Å². The van der Waals surface area contributed by atoms with Gasteiger partial charge < -0.3 is 25.0 Å². The van der Waals surface area contributed by atoms with Gasteiger partial charge >= 0.3 is 5.97 Å². The van der Waals surface area contributed by atoms with Gasteiger partial charge in [0.1, 0.15) is 0 Å². The average Bonchev–Trinajstić information content (AvgIpc) is 2.94. The van der Waals surface area contributed by atoms with Crippen LogP contribution in [0.2, 0.25) is 5.02 Å². The Kier molecular flexibility index (Phi) is 10.1. The molecular weight excluding hydrogens is 528 g/mol. The standard InChI is InChI=1S/C26H29ClN6O4S/c1-2-3-13-37-23(35)20-16-19(9-10-21(20)27)28-22(34)17-38-26-31-24(29-18-7-5-4-6-8-18)30-25(32-26)33-11-14-36-15-12-33/h4-10,16H,2-3,11-15,17H2,1H3,(H,28,34)(H,29,30,31,32). The lowest BCUT2D eigenvalue weighted by atomic mass is 10.2. The van der Waals surface area contributed by atoms with E-state index in [0.29, 0.717) is 55.7 Å². The van der Waals surface area contributed by atoms with Crippen LogP contribution in [0.4, 0.5) is 23.3 Å². The molecule has 1 aromatic heterocycles. The van der Waals surface area contributed by atoms with Crippen molar-refractivity contribution in [2.45, 2.75) is 24.9 Å². The summed E-state index contributed by atoms with van der Waals surface area (Å²) < 4.78 is 10.7. The summed E-state index contributed by atoms with van der Waals surface area (Å²) >= 11 is 7.36. The lowest BCUT2D eigenvalue weighted by molar-refractivity contribution is -0.113. The number of halogens is 1. The molecule has 2 heterocycles. The van der Waals surface area contributed by atoms with Crippen molar-refractivity contribution in [3.63, 3.8) is 0 Å². The minimum atomic E-state index is -0.520. The number of rotatable bonds is 11. The lowest BCUT2D eigenvalue weighted by Gasteiger charge is -2.27. The molecule has 38 heavy (non-hydrogen) atoms. The van der Waals surface area contributed by atoms with E-state index < -0.39 is 5.97 Å². The Balaban J connectivity index is 1.43. The summed E-state index contributed by atoms with van der Waals surface area (Å²) in [7, 11) is 0. The summed E-state index contributed by atoms with van der Waals surface area (Å²) in [5.41, 5.74) is 1.49. The molecule has 10 nitrogen and oxygen atoms in total. The van der Waals surface area contributed by atoms with Crippen molar-refractivity contribution in [2.75, 3.05) is 54.2 Å². The van der Waals surface area contributed by atoms with E-state index in [1.54, 1.807) is 12.1 Å². The topological polar surface area (TPSA) is 119 Å². The van der Waals surface area contributed by atoms with Crippen molar-refractivity contribution >= 4 is 58.5 Å². The third kappa shape index (κ3) is 8.04. The van der Waals surface area contributed by atoms with Crippen LogP contribution in [0, 0.1) is 0 Å². The molecule has 2 aromatic carbocycles. The molecule has 1 aliphatic rings. The second-order valence-corrected chi connectivity index (χ2v) is 9.70. The van der Waals surface area contributed by atoms with Gasteiger partial charge in [-0.3, -0.25) is 4.79 Å². The summed E-state index contributed by atoms with van der Waals surface area (Å²) in [4.78, 5) is 40.8. The molecule has 1 aliphatic heterocycles. The van der Waals surface area contributed by atoms with Crippen LogP contribution in [-0.4, -0.2) is 65.5 Å². The van der Waals surface area contributed by atoms with E-state index in [1.165, 1.54) is 17.8 Å². The van der Waals surface area contributed by atoms with Gasteiger partial charge in [0.15, 0.2) is 5.16 Å². The van der Waals surface area contributed by atoms with E-state index in [2.05, 4.69) is 25.6 Å². The number of para-hydroxylation sites is 1. The fourth-order valence-electron chi connectivity index (χ4n) is 3.50. The Morgan fingerprint density at radius 1 is 1.08 bits per heavy atom. The molecule has 200 valence electrons. The molecule has 1 saturated heterocycles. The molecule has 0 radical (unpaired) electrons. The van der Waals surface area contributed by atoms with Gasteiger partial charge in [-0.25, -0.2) is 4.79 Å². The quantitative estimate of drug-likeness (QED) is 0.194. The molecule has 0 unspecified atom stereocenters. The number of esters is 1. The average molecular weight is 557 g/mol. The lowest BCUT2D eigenvalue weighted by Crippen LogP contribution is -2.37. The molecule has 12 heteroatoms. The molecule has 4 rings (SSSR count). The smallest absolute Gasteiger partial charge is 0.339 e. The van der Waals surface area contributed by atoms with Gasteiger partial charge in [0.2, 0.25) is 17.8 Å². The van der Waals surface area contributed by atoms with Gasteiger partial charge in [-0.05, 0) is 36.8 Å². The minimum Gasteiger partial charge on any atom is -0.462 e. The Bertz CT molecular complexity index is 1240. The van der Waals surface area contributed by atoms with Crippen molar-refractivity contribution in [3.05, 3.63) is 59.1 Å². The number of benzene rings is 2. The predicted octanol–water partition coefficient (Wildman–Crippen LogP) is 4.79. The van der Waals surface area contributed by atoms with E-state index >= 15 is 0 Å². The minimum absolute atomic E-state index is 0.0518. The number of unbranched alkanes of at least 4 members (excludes halogenated alkanes) is 1. The molecule has 0 saturated carbocycles. The van der Waals surface area contributed by atoms with Gasteiger partial charge in [-0.1, -0.05) is 54.9 Å². The predicted molar refractivity (Wildman–Crippen MR) is 149 cm³/mol. The van der Waals surface area contributed by atoms with Crippen molar-refractivity contribution in [3.8, 4) is 0 Å². The highest BCUT2D eigenvalue weighted by atomic mass is 35.5. The summed E-state index contributed by atoms with van der Waals surface area (Å²) in [6.07, 6.45) is 1.68. The number of nitrogens with zero attached hydrogens (tertiary/aromatic N) is 4. The summed E-state index contributed by atoms with van der Waals surface area (Å²) in [5, 5.41) is 6.67.